The molecule has 2 aromatic rings. The molecule has 0 amide bonds. The van der Waals surface area contributed by atoms with Crippen LogP contribution in [0, 0.1) is 0 Å². The largest absolute Gasteiger partial charge is 0.508 e. The third kappa shape index (κ3) is 4.29. The topological polar surface area (TPSA) is 76.0 Å². The van der Waals surface area contributed by atoms with Crippen LogP contribution in [0.25, 0.3) is 11.6 Å². The van der Waals surface area contributed by atoms with Crippen LogP contribution in [0.4, 0.5) is 0 Å². The number of hydrogen-bond acceptors (Lipinski definition) is 4. The highest BCUT2D eigenvalue weighted by molar-refractivity contribution is 6.20. The Labute approximate surface area is 140 Å². The number of hydrogen-bond donors (Lipinski definition) is 2. The first kappa shape index (κ1) is 17.4. The maximum absolute atomic E-state index is 11.6. The number of phenols is 1. The Morgan fingerprint density at radius 2 is 1.75 bits per heavy atom. The number of phenolic OH excluding ortho intramolecular Hbond substituents is 1. The van der Waals surface area contributed by atoms with Crippen LogP contribution < -0.4 is 9.47 Å². The average molecular weight is 328 g/mol. The summed E-state index contributed by atoms with van der Waals surface area (Å²) in [5, 5.41) is 18.8. The van der Waals surface area contributed by atoms with Gasteiger partial charge < -0.3 is 19.7 Å². The van der Waals surface area contributed by atoms with Crippen LogP contribution >= 0.6 is 0 Å². The number of ether oxygens (including phenoxy) is 2. The van der Waals surface area contributed by atoms with E-state index in [1.807, 2.05) is 13.8 Å². The van der Waals surface area contributed by atoms with Crippen molar-refractivity contribution >= 4 is 17.6 Å². The molecule has 0 heterocycles. The summed E-state index contributed by atoms with van der Waals surface area (Å²) in [5.74, 6) is 0.169. The van der Waals surface area contributed by atoms with Gasteiger partial charge in [0.15, 0.2) is 11.5 Å². The average Bonchev–Trinajstić information content (AvgIpc) is 2.53. The third-order valence-corrected chi connectivity index (χ3v) is 3.27. The quantitative estimate of drug-likeness (QED) is 0.623. The van der Waals surface area contributed by atoms with E-state index in [1.54, 1.807) is 43.5 Å². The predicted molar refractivity (Wildman–Crippen MR) is 92.4 cm³/mol. The van der Waals surface area contributed by atoms with Crippen LogP contribution in [0.2, 0.25) is 0 Å². The highest BCUT2D eigenvalue weighted by atomic mass is 16.5. The van der Waals surface area contributed by atoms with Gasteiger partial charge in [-0.3, -0.25) is 0 Å². The molecule has 5 heteroatoms. The fourth-order valence-electron chi connectivity index (χ4n) is 2.21. The first-order valence-corrected chi connectivity index (χ1v) is 7.49. The minimum atomic E-state index is -1.05. The van der Waals surface area contributed by atoms with Crippen molar-refractivity contribution in [2.45, 2.75) is 20.0 Å². The van der Waals surface area contributed by atoms with Crippen molar-refractivity contribution in [1.82, 2.24) is 0 Å². The smallest absolute Gasteiger partial charge is 0.336 e. The highest BCUT2D eigenvalue weighted by Gasteiger charge is 2.12. The van der Waals surface area contributed by atoms with Gasteiger partial charge in [-0.1, -0.05) is 18.2 Å². The second-order valence-electron chi connectivity index (χ2n) is 5.49. The zero-order valence-electron chi connectivity index (χ0n) is 13.8. The molecular weight excluding hydrogens is 308 g/mol. The molecule has 0 radical (unpaired) electrons. The van der Waals surface area contributed by atoms with E-state index in [1.165, 1.54) is 12.1 Å². The summed E-state index contributed by atoms with van der Waals surface area (Å²) in [5.41, 5.74) is 1.30. The van der Waals surface area contributed by atoms with E-state index >= 15 is 0 Å². The first-order valence-electron chi connectivity index (χ1n) is 7.49. The van der Waals surface area contributed by atoms with Gasteiger partial charge in [0.25, 0.3) is 0 Å². The van der Waals surface area contributed by atoms with Crippen LogP contribution in [0.15, 0.2) is 42.5 Å². The lowest BCUT2D eigenvalue weighted by molar-refractivity contribution is -0.130. The van der Waals surface area contributed by atoms with E-state index in [0.29, 0.717) is 22.6 Å². The minimum Gasteiger partial charge on any atom is -0.508 e. The summed E-state index contributed by atoms with van der Waals surface area (Å²) in [6, 6.07) is 11.3. The molecule has 0 aliphatic rings. The van der Waals surface area contributed by atoms with Gasteiger partial charge in [-0.2, -0.15) is 0 Å². The van der Waals surface area contributed by atoms with Crippen molar-refractivity contribution in [2.75, 3.05) is 7.11 Å². The van der Waals surface area contributed by atoms with E-state index < -0.39 is 5.97 Å². The third-order valence-electron chi connectivity index (χ3n) is 3.27. The Balaban J connectivity index is 2.45. The molecule has 0 spiro atoms. The standard InChI is InChI=1S/C19H20O5/c1-12(2)24-18-11-13(4-9-17(18)23-3)10-16(19(21)22)14-5-7-15(20)8-6-14/h4-12,20H,1-3H3,(H,21,22)/b16-10-. The Morgan fingerprint density at radius 1 is 1.08 bits per heavy atom. The summed E-state index contributed by atoms with van der Waals surface area (Å²) >= 11 is 0. The van der Waals surface area contributed by atoms with Gasteiger partial charge in [0.05, 0.1) is 18.8 Å². The van der Waals surface area contributed by atoms with Crippen molar-refractivity contribution in [3.05, 3.63) is 53.6 Å². The van der Waals surface area contributed by atoms with E-state index in [4.69, 9.17) is 9.47 Å². The maximum atomic E-state index is 11.6. The molecule has 0 bridgehead atoms. The van der Waals surface area contributed by atoms with Crippen LogP contribution in [0.5, 0.6) is 17.2 Å². The van der Waals surface area contributed by atoms with Crippen molar-refractivity contribution in [3.63, 3.8) is 0 Å². The number of aliphatic carboxylic acids is 1. The number of carbonyl (C=O) groups is 1. The fraction of sp³-hybridized carbons (Fsp3) is 0.211. The number of carboxylic acids is 1. The molecule has 126 valence electrons. The summed E-state index contributed by atoms with van der Waals surface area (Å²) in [6.07, 6.45) is 1.52. The summed E-state index contributed by atoms with van der Waals surface area (Å²) < 4.78 is 11.0. The zero-order valence-corrected chi connectivity index (χ0v) is 13.8. The Bertz CT molecular complexity index is 745. The Morgan fingerprint density at radius 3 is 2.29 bits per heavy atom. The van der Waals surface area contributed by atoms with Gasteiger partial charge in [0.1, 0.15) is 5.75 Å². The van der Waals surface area contributed by atoms with Crippen LogP contribution in [-0.2, 0) is 4.79 Å². The molecule has 0 saturated heterocycles. The summed E-state index contributed by atoms with van der Waals surface area (Å²) in [7, 11) is 1.55. The predicted octanol–water partition coefficient (Wildman–Crippen LogP) is 3.81. The Hall–Kier alpha value is -2.95. The van der Waals surface area contributed by atoms with Crippen LogP contribution in [0.1, 0.15) is 25.0 Å². The van der Waals surface area contributed by atoms with E-state index in [9.17, 15) is 15.0 Å². The molecule has 0 atom stereocenters. The lowest BCUT2D eigenvalue weighted by Crippen LogP contribution is -2.07. The van der Waals surface area contributed by atoms with Crippen molar-refractivity contribution in [3.8, 4) is 17.2 Å². The molecule has 0 aliphatic heterocycles. The van der Waals surface area contributed by atoms with Gasteiger partial charge >= 0.3 is 5.97 Å². The lowest BCUT2D eigenvalue weighted by atomic mass is 10.0. The van der Waals surface area contributed by atoms with Gasteiger partial charge in [0.2, 0.25) is 0 Å². The van der Waals surface area contributed by atoms with E-state index in [2.05, 4.69) is 0 Å². The van der Waals surface area contributed by atoms with E-state index in [-0.39, 0.29) is 17.4 Å². The van der Waals surface area contributed by atoms with E-state index in [0.717, 1.165) is 0 Å². The monoisotopic (exact) mass is 328 g/mol. The SMILES string of the molecule is COc1ccc(/C=C(\C(=O)O)c2ccc(O)cc2)cc1OC(C)C. The molecule has 0 aromatic heterocycles. The summed E-state index contributed by atoms with van der Waals surface area (Å²) in [4.78, 5) is 11.6. The van der Waals surface area contributed by atoms with Crippen LogP contribution in [0.3, 0.4) is 0 Å². The molecule has 24 heavy (non-hydrogen) atoms. The number of rotatable bonds is 6. The first-order chi connectivity index (χ1) is 11.4. The zero-order chi connectivity index (χ0) is 17.7. The normalized spacial score (nSPS) is 11.4. The molecule has 0 saturated carbocycles. The van der Waals surface area contributed by atoms with Gasteiger partial charge in [-0.15, -0.1) is 0 Å². The van der Waals surface area contributed by atoms with Gasteiger partial charge in [-0.25, -0.2) is 4.79 Å². The number of aromatic hydroxyl groups is 1. The number of carboxylic acid groups (broad SMARTS) is 1. The second kappa shape index (κ2) is 7.55. The lowest BCUT2D eigenvalue weighted by Gasteiger charge is -2.14. The fourth-order valence-corrected chi connectivity index (χ4v) is 2.21. The molecule has 2 N–H and O–H groups in total. The molecule has 0 aliphatic carbocycles. The molecule has 5 nitrogen and oxygen atoms in total. The highest BCUT2D eigenvalue weighted by Crippen LogP contribution is 2.31. The summed E-state index contributed by atoms with van der Waals surface area (Å²) in [6.45, 7) is 3.81. The van der Waals surface area contributed by atoms with Crippen molar-refractivity contribution < 1.29 is 24.5 Å². The molecule has 2 rings (SSSR count). The Kier molecular flexibility index (Phi) is 5.47. The molecule has 0 unspecified atom stereocenters. The number of methoxy groups -OCH3 is 1. The molecule has 2 aromatic carbocycles. The van der Waals surface area contributed by atoms with Crippen molar-refractivity contribution in [2.24, 2.45) is 0 Å². The molecular formula is C19H20O5. The maximum Gasteiger partial charge on any atom is 0.336 e. The van der Waals surface area contributed by atoms with Crippen molar-refractivity contribution in [1.29, 1.82) is 0 Å². The number of benzene rings is 2. The van der Waals surface area contributed by atoms with Gasteiger partial charge in [-0.05, 0) is 55.3 Å². The minimum absolute atomic E-state index is 0.0332. The second-order valence-corrected chi connectivity index (χ2v) is 5.49. The molecule has 0 fully saturated rings. The van der Waals surface area contributed by atoms with Crippen LogP contribution in [-0.4, -0.2) is 29.4 Å². The van der Waals surface area contributed by atoms with Gasteiger partial charge in [0, 0.05) is 0 Å².